The van der Waals surface area contributed by atoms with Crippen LogP contribution in [0.1, 0.15) is 36.8 Å². The van der Waals surface area contributed by atoms with Crippen LogP contribution in [0.2, 0.25) is 0 Å². The van der Waals surface area contributed by atoms with Gasteiger partial charge in [0, 0.05) is 20.0 Å². The summed E-state index contributed by atoms with van der Waals surface area (Å²) in [5.74, 6) is 0.450. The summed E-state index contributed by atoms with van der Waals surface area (Å²) in [5.41, 5.74) is 4.71. The average Bonchev–Trinajstić information content (AvgIpc) is 2.98. The number of benzene rings is 2. The zero-order valence-electron chi connectivity index (χ0n) is 13.9. The van der Waals surface area contributed by atoms with Crippen molar-refractivity contribution in [1.82, 2.24) is 0 Å². The molecule has 1 N–H and O–H groups in total. The number of para-hydroxylation sites is 2. The van der Waals surface area contributed by atoms with E-state index in [1.54, 1.807) is 0 Å². The molecule has 0 saturated heterocycles. The van der Waals surface area contributed by atoms with Gasteiger partial charge in [0.15, 0.2) is 0 Å². The van der Waals surface area contributed by atoms with Crippen molar-refractivity contribution in [2.45, 2.75) is 32.1 Å². The third-order valence-corrected chi connectivity index (χ3v) is 4.75. The summed E-state index contributed by atoms with van der Waals surface area (Å²) in [6, 6.07) is 16.5. The molecule has 3 rings (SSSR count). The first-order valence-electron chi connectivity index (χ1n) is 8.37. The maximum Gasteiger partial charge on any atom is 0.225 e. The Hall–Kier alpha value is -2.29. The molecule has 0 radical (unpaired) electrons. The molecule has 120 valence electrons. The summed E-state index contributed by atoms with van der Waals surface area (Å²) in [7, 11) is 2.04. The van der Waals surface area contributed by atoms with Crippen LogP contribution in [0.25, 0.3) is 0 Å². The van der Waals surface area contributed by atoms with E-state index in [1.165, 1.54) is 11.1 Å². The highest BCUT2D eigenvalue weighted by atomic mass is 16.1. The van der Waals surface area contributed by atoms with Crippen molar-refractivity contribution in [1.29, 1.82) is 0 Å². The average molecular weight is 308 g/mol. The van der Waals surface area contributed by atoms with Gasteiger partial charge in [0.25, 0.3) is 0 Å². The number of amides is 1. The van der Waals surface area contributed by atoms with Crippen molar-refractivity contribution < 1.29 is 4.79 Å². The first-order chi connectivity index (χ1) is 11.2. The second kappa shape index (κ2) is 6.86. The van der Waals surface area contributed by atoms with E-state index in [1.807, 2.05) is 31.3 Å². The van der Waals surface area contributed by atoms with Crippen molar-refractivity contribution in [3.8, 4) is 0 Å². The molecule has 3 nitrogen and oxygen atoms in total. The molecule has 1 amide bonds. The van der Waals surface area contributed by atoms with Crippen LogP contribution >= 0.6 is 0 Å². The molecule has 0 spiro atoms. The van der Waals surface area contributed by atoms with E-state index in [4.69, 9.17) is 0 Å². The number of carbonyl (C=O) groups excluding carboxylic acids is 1. The normalized spacial score (nSPS) is 16.0. The summed E-state index contributed by atoms with van der Waals surface area (Å²) in [6.07, 6.45) is 2.72. The van der Waals surface area contributed by atoms with Gasteiger partial charge < -0.3 is 10.2 Å². The SMILES string of the molecule is CCN(C)c1ccccc1NC(=O)CC1CCc2ccccc21. The first kappa shape index (κ1) is 15.6. The number of aryl methyl sites for hydroxylation is 1. The third kappa shape index (κ3) is 3.39. The number of hydrogen-bond acceptors (Lipinski definition) is 2. The molecule has 0 saturated carbocycles. The molecule has 1 aliphatic rings. The van der Waals surface area contributed by atoms with E-state index < -0.39 is 0 Å². The molecule has 0 fully saturated rings. The first-order valence-corrected chi connectivity index (χ1v) is 8.37. The summed E-state index contributed by atoms with van der Waals surface area (Å²) in [6.45, 7) is 3.01. The van der Waals surface area contributed by atoms with Crippen molar-refractivity contribution in [2.75, 3.05) is 23.8 Å². The van der Waals surface area contributed by atoms with Gasteiger partial charge in [-0.3, -0.25) is 4.79 Å². The molecule has 1 atom stereocenters. The van der Waals surface area contributed by atoms with Crippen LogP contribution in [0.3, 0.4) is 0 Å². The molecule has 2 aromatic carbocycles. The Bertz CT molecular complexity index is 696. The van der Waals surface area contributed by atoms with Crippen LogP contribution in [-0.4, -0.2) is 19.5 Å². The van der Waals surface area contributed by atoms with Crippen LogP contribution in [-0.2, 0) is 11.2 Å². The molecule has 0 aliphatic heterocycles. The minimum atomic E-state index is 0.101. The van der Waals surface area contributed by atoms with Gasteiger partial charge in [0.2, 0.25) is 5.91 Å². The summed E-state index contributed by atoms with van der Waals surface area (Å²) in [5, 5.41) is 3.10. The molecule has 0 bridgehead atoms. The topological polar surface area (TPSA) is 32.3 Å². The summed E-state index contributed by atoms with van der Waals surface area (Å²) >= 11 is 0. The lowest BCUT2D eigenvalue weighted by molar-refractivity contribution is -0.116. The Morgan fingerprint density at radius 1 is 1.17 bits per heavy atom. The number of nitrogens with one attached hydrogen (secondary N) is 1. The Morgan fingerprint density at radius 2 is 1.91 bits per heavy atom. The van der Waals surface area contributed by atoms with Gasteiger partial charge in [-0.15, -0.1) is 0 Å². The van der Waals surface area contributed by atoms with Gasteiger partial charge in [0.1, 0.15) is 0 Å². The maximum atomic E-state index is 12.5. The van der Waals surface area contributed by atoms with Crippen molar-refractivity contribution >= 4 is 17.3 Å². The Balaban J connectivity index is 1.69. The molecule has 0 heterocycles. The fraction of sp³-hybridized carbons (Fsp3) is 0.350. The Kier molecular flexibility index (Phi) is 4.65. The third-order valence-electron chi connectivity index (χ3n) is 4.75. The minimum Gasteiger partial charge on any atom is -0.373 e. The van der Waals surface area contributed by atoms with Gasteiger partial charge in [-0.05, 0) is 48.9 Å². The molecular weight excluding hydrogens is 284 g/mol. The van der Waals surface area contributed by atoms with E-state index in [9.17, 15) is 4.79 Å². The van der Waals surface area contributed by atoms with E-state index in [-0.39, 0.29) is 5.91 Å². The number of nitrogens with zero attached hydrogens (tertiary/aromatic N) is 1. The second-order valence-electron chi connectivity index (χ2n) is 6.22. The van der Waals surface area contributed by atoms with E-state index in [0.717, 1.165) is 30.8 Å². The van der Waals surface area contributed by atoms with Crippen LogP contribution in [0.4, 0.5) is 11.4 Å². The quantitative estimate of drug-likeness (QED) is 0.897. The van der Waals surface area contributed by atoms with Crippen molar-refractivity contribution in [2.24, 2.45) is 0 Å². The van der Waals surface area contributed by atoms with Gasteiger partial charge >= 0.3 is 0 Å². The molecule has 23 heavy (non-hydrogen) atoms. The Morgan fingerprint density at radius 3 is 2.74 bits per heavy atom. The van der Waals surface area contributed by atoms with E-state index >= 15 is 0 Å². The largest absolute Gasteiger partial charge is 0.373 e. The number of anilines is 2. The molecule has 1 aliphatic carbocycles. The van der Waals surface area contributed by atoms with Gasteiger partial charge in [-0.25, -0.2) is 0 Å². The lowest BCUT2D eigenvalue weighted by atomic mass is 9.97. The second-order valence-corrected chi connectivity index (χ2v) is 6.22. The molecule has 2 aromatic rings. The van der Waals surface area contributed by atoms with Gasteiger partial charge in [-0.1, -0.05) is 36.4 Å². The smallest absolute Gasteiger partial charge is 0.225 e. The molecule has 0 aromatic heterocycles. The van der Waals surface area contributed by atoms with Gasteiger partial charge in [0.05, 0.1) is 11.4 Å². The number of fused-ring (bicyclic) bond motifs is 1. The summed E-state index contributed by atoms with van der Waals surface area (Å²) < 4.78 is 0. The zero-order chi connectivity index (χ0) is 16.2. The van der Waals surface area contributed by atoms with Crippen LogP contribution in [0.5, 0.6) is 0 Å². The van der Waals surface area contributed by atoms with E-state index in [0.29, 0.717) is 12.3 Å². The zero-order valence-corrected chi connectivity index (χ0v) is 13.9. The monoisotopic (exact) mass is 308 g/mol. The highest BCUT2D eigenvalue weighted by molar-refractivity contribution is 5.94. The summed E-state index contributed by atoms with van der Waals surface area (Å²) in [4.78, 5) is 14.7. The minimum absolute atomic E-state index is 0.101. The van der Waals surface area contributed by atoms with Crippen LogP contribution in [0, 0.1) is 0 Å². The van der Waals surface area contributed by atoms with Gasteiger partial charge in [-0.2, -0.15) is 0 Å². The fourth-order valence-electron chi connectivity index (χ4n) is 3.36. The van der Waals surface area contributed by atoms with Crippen molar-refractivity contribution in [3.05, 3.63) is 59.7 Å². The molecule has 3 heteroatoms. The number of hydrogen-bond donors (Lipinski definition) is 1. The molecular formula is C20H24N2O. The number of rotatable bonds is 5. The number of carbonyl (C=O) groups is 1. The predicted molar refractivity (Wildman–Crippen MR) is 96.1 cm³/mol. The fourth-order valence-corrected chi connectivity index (χ4v) is 3.36. The maximum absolute atomic E-state index is 12.5. The van der Waals surface area contributed by atoms with Crippen LogP contribution in [0.15, 0.2) is 48.5 Å². The van der Waals surface area contributed by atoms with Crippen LogP contribution < -0.4 is 10.2 Å². The van der Waals surface area contributed by atoms with Crippen molar-refractivity contribution in [3.63, 3.8) is 0 Å². The predicted octanol–water partition coefficient (Wildman–Crippen LogP) is 4.20. The molecule has 1 unspecified atom stereocenters. The standard InChI is InChI=1S/C20H24N2O/c1-3-22(2)19-11-7-6-10-18(19)21-20(23)14-16-13-12-15-8-4-5-9-17(15)16/h4-11,16H,3,12-14H2,1-2H3,(H,21,23). The van der Waals surface area contributed by atoms with E-state index in [2.05, 4.69) is 41.4 Å². The lowest BCUT2D eigenvalue weighted by Crippen LogP contribution is -2.20. The lowest BCUT2D eigenvalue weighted by Gasteiger charge is -2.21. The highest BCUT2D eigenvalue weighted by Crippen LogP contribution is 2.35. The Labute approximate surface area is 138 Å². The highest BCUT2D eigenvalue weighted by Gasteiger charge is 2.24.